The molecule has 0 saturated carbocycles. The lowest BCUT2D eigenvalue weighted by atomic mass is 10.1. The average molecular weight is 188 g/mol. The molecule has 0 heterocycles. The van der Waals surface area contributed by atoms with E-state index >= 15 is 0 Å². The van der Waals surface area contributed by atoms with Gasteiger partial charge in [0.15, 0.2) is 6.10 Å². The van der Waals surface area contributed by atoms with E-state index in [4.69, 9.17) is 9.84 Å². The van der Waals surface area contributed by atoms with E-state index in [1.165, 1.54) is 0 Å². The molecule has 0 radical (unpaired) electrons. The molecule has 0 fully saturated rings. The first-order valence-corrected chi connectivity index (χ1v) is 4.83. The van der Waals surface area contributed by atoms with Crippen LogP contribution in [0.3, 0.4) is 0 Å². The number of carboxylic acid groups (broad SMARTS) is 1. The summed E-state index contributed by atoms with van der Waals surface area (Å²) in [5.41, 5.74) is -0.335. The van der Waals surface area contributed by atoms with Gasteiger partial charge in [0.2, 0.25) is 0 Å². The van der Waals surface area contributed by atoms with E-state index < -0.39 is 12.1 Å². The van der Waals surface area contributed by atoms with Crippen molar-refractivity contribution in [2.24, 2.45) is 0 Å². The van der Waals surface area contributed by atoms with Gasteiger partial charge in [0.05, 0.1) is 5.60 Å². The van der Waals surface area contributed by atoms with Crippen LogP contribution in [-0.4, -0.2) is 22.8 Å². The minimum atomic E-state index is -0.858. The molecule has 1 unspecified atom stereocenters. The summed E-state index contributed by atoms with van der Waals surface area (Å²) in [6.07, 6.45) is 1.58. The SMILES string of the molecule is CCCC(OC(C)(C)CC)C(=O)O. The van der Waals surface area contributed by atoms with Gasteiger partial charge in [-0.1, -0.05) is 20.3 Å². The van der Waals surface area contributed by atoms with Crippen molar-refractivity contribution in [3.63, 3.8) is 0 Å². The van der Waals surface area contributed by atoms with Crippen molar-refractivity contribution in [1.82, 2.24) is 0 Å². The Balaban J connectivity index is 4.17. The van der Waals surface area contributed by atoms with Gasteiger partial charge >= 0.3 is 5.97 Å². The van der Waals surface area contributed by atoms with Crippen molar-refractivity contribution in [1.29, 1.82) is 0 Å². The van der Waals surface area contributed by atoms with Crippen LogP contribution in [0.25, 0.3) is 0 Å². The first-order chi connectivity index (χ1) is 5.93. The fourth-order valence-corrected chi connectivity index (χ4v) is 0.963. The van der Waals surface area contributed by atoms with E-state index in [-0.39, 0.29) is 5.60 Å². The van der Waals surface area contributed by atoms with Gasteiger partial charge in [-0.2, -0.15) is 0 Å². The van der Waals surface area contributed by atoms with Crippen molar-refractivity contribution in [3.05, 3.63) is 0 Å². The normalized spacial score (nSPS) is 14.2. The van der Waals surface area contributed by atoms with Crippen molar-refractivity contribution in [3.8, 4) is 0 Å². The highest BCUT2D eigenvalue weighted by Crippen LogP contribution is 2.18. The second-order valence-corrected chi connectivity index (χ2v) is 3.85. The molecule has 13 heavy (non-hydrogen) atoms. The smallest absolute Gasteiger partial charge is 0.332 e. The monoisotopic (exact) mass is 188 g/mol. The highest BCUT2D eigenvalue weighted by Gasteiger charge is 2.25. The van der Waals surface area contributed by atoms with E-state index in [9.17, 15) is 4.79 Å². The summed E-state index contributed by atoms with van der Waals surface area (Å²) in [6.45, 7) is 7.78. The fourth-order valence-electron chi connectivity index (χ4n) is 0.963. The van der Waals surface area contributed by atoms with Gasteiger partial charge in [-0.25, -0.2) is 4.79 Å². The molecule has 0 rings (SSSR count). The molecule has 0 aliphatic rings. The van der Waals surface area contributed by atoms with E-state index in [0.717, 1.165) is 12.8 Å². The maximum Gasteiger partial charge on any atom is 0.332 e. The van der Waals surface area contributed by atoms with Gasteiger partial charge < -0.3 is 9.84 Å². The number of carbonyl (C=O) groups is 1. The molecular weight excluding hydrogens is 168 g/mol. The van der Waals surface area contributed by atoms with E-state index in [1.54, 1.807) is 0 Å². The lowest BCUT2D eigenvalue weighted by Crippen LogP contribution is -2.34. The minimum Gasteiger partial charge on any atom is -0.479 e. The van der Waals surface area contributed by atoms with Crippen LogP contribution in [-0.2, 0) is 9.53 Å². The summed E-state index contributed by atoms with van der Waals surface area (Å²) < 4.78 is 5.49. The van der Waals surface area contributed by atoms with Crippen molar-refractivity contribution < 1.29 is 14.6 Å². The number of hydrogen-bond donors (Lipinski definition) is 1. The third kappa shape index (κ3) is 4.88. The molecule has 0 amide bonds. The number of ether oxygens (including phenoxy) is 1. The van der Waals surface area contributed by atoms with Crippen molar-refractivity contribution in [2.45, 2.75) is 58.7 Å². The predicted molar refractivity (Wildman–Crippen MR) is 51.8 cm³/mol. The zero-order valence-corrected chi connectivity index (χ0v) is 8.96. The highest BCUT2D eigenvalue weighted by atomic mass is 16.5. The van der Waals surface area contributed by atoms with Crippen LogP contribution < -0.4 is 0 Å². The second kappa shape index (κ2) is 5.22. The fraction of sp³-hybridized carbons (Fsp3) is 0.900. The van der Waals surface area contributed by atoms with Crippen LogP contribution in [0.2, 0.25) is 0 Å². The quantitative estimate of drug-likeness (QED) is 0.696. The summed E-state index contributed by atoms with van der Waals surface area (Å²) in [5, 5.41) is 8.84. The molecule has 1 atom stereocenters. The summed E-state index contributed by atoms with van der Waals surface area (Å²) in [6, 6.07) is 0. The Bertz CT molecular complexity index is 164. The topological polar surface area (TPSA) is 46.5 Å². The van der Waals surface area contributed by atoms with Crippen LogP contribution in [0.4, 0.5) is 0 Å². The number of carboxylic acids is 1. The Morgan fingerprint density at radius 3 is 2.31 bits per heavy atom. The van der Waals surface area contributed by atoms with Crippen LogP contribution in [0.5, 0.6) is 0 Å². The molecule has 78 valence electrons. The molecule has 0 spiro atoms. The van der Waals surface area contributed by atoms with Crippen molar-refractivity contribution in [2.75, 3.05) is 0 Å². The van der Waals surface area contributed by atoms with Gasteiger partial charge in [-0.3, -0.25) is 0 Å². The molecule has 1 N–H and O–H groups in total. The third-order valence-corrected chi connectivity index (χ3v) is 2.14. The summed E-state index contributed by atoms with van der Waals surface area (Å²) in [4.78, 5) is 10.8. The second-order valence-electron chi connectivity index (χ2n) is 3.85. The lowest BCUT2D eigenvalue weighted by molar-refractivity contribution is -0.162. The van der Waals surface area contributed by atoms with E-state index in [2.05, 4.69) is 0 Å². The molecule has 3 nitrogen and oxygen atoms in total. The molecule has 0 bridgehead atoms. The molecule has 0 aromatic heterocycles. The molecule has 0 aliphatic carbocycles. The number of hydrogen-bond acceptors (Lipinski definition) is 2. The van der Waals surface area contributed by atoms with Gasteiger partial charge in [0.25, 0.3) is 0 Å². The molecule has 3 heteroatoms. The summed E-state index contributed by atoms with van der Waals surface area (Å²) in [7, 11) is 0. The summed E-state index contributed by atoms with van der Waals surface area (Å²) in [5.74, 6) is -0.858. The Morgan fingerprint density at radius 2 is 2.00 bits per heavy atom. The van der Waals surface area contributed by atoms with Crippen LogP contribution >= 0.6 is 0 Å². The zero-order valence-electron chi connectivity index (χ0n) is 8.96. The Labute approximate surface area is 80.1 Å². The average Bonchev–Trinajstić information content (AvgIpc) is 2.03. The first kappa shape index (κ1) is 12.4. The van der Waals surface area contributed by atoms with Gasteiger partial charge in [0, 0.05) is 0 Å². The number of aliphatic carboxylic acids is 1. The Kier molecular flexibility index (Phi) is 4.99. The maximum absolute atomic E-state index is 10.8. The van der Waals surface area contributed by atoms with E-state index in [1.807, 2.05) is 27.7 Å². The van der Waals surface area contributed by atoms with E-state index in [0.29, 0.717) is 6.42 Å². The molecular formula is C10H20O3. The Hall–Kier alpha value is -0.570. The van der Waals surface area contributed by atoms with Crippen LogP contribution in [0.15, 0.2) is 0 Å². The van der Waals surface area contributed by atoms with Gasteiger partial charge in [-0.05, 0) is 26.7 Å². The molecule has 0 aromatic carbocycles. The van der Waals surface area contributed by atoms with Crippen LogP contribution in [0.1, 0.15) is 47.0 Å². The number of rotatable bonds is 6. The highest BCUT2D eigenvalue weighted by molar-refractivity contribution is 5.72. The largest absolute Gasteiger partial charge is 0.479 e. The third-order valence-electron chi connectivity index (χ3n) is 2.14. The zero-order chi connectivity index (χ0) is 10.5. The summed E-state index contributed by atoms with van der Waals surface area (Å²) >= 11 is 0. The maximum atomic E-state index is 10.8. The minimum absolute atomic E-state index is 0.335. The standard InChI is InChI=1S/C10H20O3/c1-5-7-8(9(11)12)13-10(3,4)6-2/h8H,5-7H2,1-4H3,(H,11,12). The predicted octanol–water partition coefficient (Wildman–Crippen LogP) is 2.44. The Morgan fingerprint density at radius 1 is 1.46 bits per heavy atom. The lowest BCUT2D eigenvalue weighted by Gasteiger charge is -2.27. The molecule has 0 saturated heterocycles. The molecule has 0 aliphatic heterocycles. The van der Waals surface area contributed by atoms with Crippen molar-refractivity contribution >= 4 is 5.97 Å². The molecule has 0 aromatic rings. The van der Waals surface area contributed by atoms with Gasteiger partial charge in [0.1, 0.15) is 0 Å². The van der Waals surface area contributed by atoms with Gasteiger partial charge in [-0.15, -0.1) is 0 Å². The first-order valence-electron chi connectivity index (χ1n) is 4.83. The van der Waals surface area contributed by atoms with Crippen LogP contribution in [0, 0.1) is 0 Å².